The summed E-state index contributed by atoms with van der Waals surface area (Å²) in [6.45, 7) is 7.01. The molecule has 4 aromatic heterocycles. The number of carbonyl (C=O) groups excluding carboxylic acids is 1. The molecular formula is C30H33N9O2S. The molecule has 1 amide bonds. The summed E-state index contributed by atoms with van der Waals surface area (Å²) in [5.41, 5.74) is 4.69. The Hall–Kier alpha value is -4.08. The Morgan fingerprint density at radius 2 is 1.93 bits per heavy atom. The average molecular weight is 584 g/mol. The first-order valence-electron chi connectivity index (χ1n) is 14.5. The number of pyridine rings is 1. The van der Waals surface area contributed by atoms with Crippen LogP contribution in [0.2, 0.25) is 0 Å². The molecular weight excluding hydrogens is 550 g/mol. The van der Waals surface area contributed by atoms with E-state index in [1.54, 1.807) is 24.5 Å². The molecule has 1 saturated carbocycles. The van der Waals surface area contributed by atoms with E-state index in [9.17, 15) is 10.1 Å². The third-order valence-electron chi connectivity index (χ3n) is 8.95. The van der Waals surface area contributed by atoms with E-state index in [0.29, 0.717) is 30.6 Å². The standard InChI is InChI=1S/C30H33N9O2S/c1-18(40)34-27-20-3-4-21(27)17-38(16-20)29-37-36-28(42-29)23-15-32-25(12-24(23)35-30(2)7-9-41-10-8-30)26-6-5-22-11-19(13-31)14-33-39(22)26/h5-6,11-12,14-15,20-21,27H,3-4,7-10,16-17H2,1-2H3,(H,32,35)(H,34,40)/t20-,21+,27-. The lowest BCUT2D eigenvalue weighted by Crippen LogP contribution is -2.52. The summed E-state index contributed by atoms with van der Waals surface area (Å²) >= 11 is 1.59. The van der Waals surface area contributed by atoms with Gasteiger partial charge in [0.05, 0.1) is 34.2 Å². The Morgan fingerprint density at radius 3 is 2.67 bits per heavy atom. The molecule has 2 aliphatic heterocycles. The van der Waals surface area contributed by atoms with Crippen LogP contribution in [0.25, 0.3) is 27.5 Å². The highest BCUT2D eigenvalue weighted by molar-refractivity contribution is 7.18. The number of nitrogens with zero attached hydrogens (tertiary/aromatic N) is 7. The van der Waals surface area contributed by atoms with Gasteiger partial charge in [-0.1, -0.05) is 11.3 Å². The Labute approximate surface area is 247 Å². The maximum absolute atomic E-state index is 11.7. The molecule has 2 saturated heterocycles. The van der Waals surface area contributed by atoms with Gasteiger partial charge in [-0.2, -0.15) is 10.4 Å². The molecule has 3 fully saturated rings. The first-order valence-corrected chi connectivity index (χ1v) is 15.3. The van der Waals surface area contributed by atoms with Gasteiger partial charge in [0.25, 0.3) is 0 Å². The van der Waals surface area contributed by atoms with Crippen molar-refractivity contribution < 1.29 is 9.53 Å². The smallest absolute Gasteiger partial charge is 0.217 e. The topological polar surface area (TPSA) is 133 Å². The number of rotatable bonds is 6. The number of aromatic nitrogens is 5. The van der Waals surface area contributed by atoms with Gasteiger partial charge in [0.2, 0.25) is 11.0 Å². The van der Waals surface area contributed by atoms with E-state index in [0.717, 1.165) is 77.1 Å². The van der Waals surface area contributed by atoms with E-state index in [1.807, 2.05) is 28.9 Å². The van der Waals surface area contributed by atoms with Gasteiger partial charge in [0.1, 0.15) is 6.07 Å². The molecule has 1 aliphatic carbocycles. The van der Waals surface area contributed by atoms with E-state index < -0.39 is 0 Å². The van der Waals surface area contributed by atoms with Gasteiger partial charge in [-0.3, -0.25) is 9.78 Å². The number of anilines is 2. The fraction of sp³-hybridized carbons (Fsp3) is 0.467. The van der Waals surface area contributed by atoms with Crippen molar-refractivity contribution in [1.29, 1.82) is 5.26 Å². The maximum atomic E-state index is 11.7. The molecule has 7 rings (SSSR count). The minimum Gasteiger partial charge on any atom is -0.381 e. The van der Waals surface area contributed by atoms with Gasteiger partial charge in [-0.25, -0.2) is 4.52 Å². The number of nitrogens with one attached hydrogen (secondary N) is 2. The average Bonchev–Trinajstić information content (AvgIpc) is 3.68. The number of carbonyl (C=O) groups is 1. The van der Waals surface area contributed by atoms with Crippen LogP contribution in [0.4, 0.5) is 10.8 Å². The Morgan fingerprint density at radius 1 is 1.14 bits per heavy atom. The fourth-order valence-corrected chi connectivity index (χ4v) is 7.58. The van der Waals surface area contributed by atoms with Crippen molar-refractivity contribution in [2.24, 2.45) is 11.8 Å². The third-order valence-corrected chi connectivity index (χ3v) is 9.96. The SMILES string of the molecule is CC(=O)N[C@@H]1[C@@H]2CC[C@H]1CN(c1nnc(-c3cnc(-c4ccc5cc(C#N)cnn45)cc3NC3(C)CCOCC3)s1)C2. The second-order valence-corrected chi connectivity index (χ2v) is 12.9. The number of amides is 1. The molecule has 12 heteroatoms. The summed E-state index contributed by atoms with van der Waals surface area (Å²) in [6.07, 6.45) is 7.48. The zero-order chi connectivity index (χ0) is 28.8. The normalized spacial score (nSPS) is 23.1. The van der Waals surface area contributed by atoms with Crippen LogP contribution in [0.1, 0.15) is 45.1 Å². The van der Waals surface area contributed by atoms with E-state index in [1.165, 1.54) is 0 Å². The lowest BCUT2D eigenvalue weighted by Gasteiger charge is -2.37. The van der Waals surface area contributed by atoms with Crippen molar-refractivity contribution in [1.82, 2.24) is 30.1 Å². The molecule has 2 N–H and O–H groups in total. The Kier molecular flexibility index (Phi) is 6.79. The van der Waals surface area contributed by atoms with Crippen LogP contribution in [0.5, 0.6) is 0 Å². The monoisotopic (exact) mass is 583 g/mol. The summed E-state index contributed by atoms with van der Waals surface area (Å²) in [6, 6.07) is 10.2. The summed E-state index contributed by atoms with van der Waals surface area (Å²) in [5.74, 6) is 0.913. The van der Waals surface area contributed by atoms with E-state index in [-0.39, 0.29) is 17.5 Å². The lowest BCUT2D eigenvalue weighted by atomic mass is 9.92. The van der Waals surface area contributed by atoms with Gasteiger partial charge in [0.15, 0.2) is 5.01 Å². The quantitative estimate of drug-likeness (QED) is 0.344. The van der Waals surface area contributed by atoms with Gasteiger partial charge >= 0.3 is 0 Å². The van der Waals surface area contributed by atoms with E-state index in [2.05, 4.69) is 49.9 Å². The minimum atomic E-state index is -0.134. The van der Waals surface area contributed by atoms with Crippen LogP contribution in [0, 0.1) is 23.2 Å². The van der Waals surface area contributed by atoms with Crippen molar-refractivity contribution in [3.8, 4) is 28.0 Å². The molecule has 2 bridgehead atoms. The maximum Gasteiger partial charge on any atom is 0.217 e. The number of hydrogen-bond donors (Lipinski definition) is 2. The molecule has 0 unspecified atom stereocenters. The van der Waals surface area contributed by atoms with Crippen LogP contribution in [-0.4, -0.2) is 68.6 Å². The second kappa shape index (κ2) is 10.6. The predicted molar refractivity (Wildman–Crippen MR) is 160 cm³/mol. The second-order valence-electron chi connectivity index (χ2n) is 11.9. The van der Waals surface area contributed by atoms with Crippen LogP contribution < -0.4 is 15.5 Å². The van der Waals surface area contributed by atoms with Gasteiger partial charge < -0.3 is 20.3 Å². The lowest BCUT2D eigenvalue weighted by molar-refractivity contribution is -0.120. The minimum absolute atomic E-state index is 0.0496. The highest BCUT2D eigenvalue weighted by Crippen LogP contribution is 2.42. The highest BCUT2D eigenvalue weighted by atomic mass is 32.1. The van der Waals surface area contributed by atoms with Crippen LogP contribution in [0.3, 0.4) is 0 Å². The number of fused-ring (bicyclic) bond motifs is 3. The fourth-order valence-electron chi connectivity index (χ4n) is 6.70. The first kappa shape index (κ1) is 26.8. The van der Waals surface area contributed by atoms with Crippen molar-refractivity contribution in [3.63, 3.8) is 0 Å². The Balaban J connectivity index is 1.21. The van der Waals surface area contributed by atoms with Crippen LogP contribution in [0.15, 0.2) is 36.7 Å². The van der Waals surface area contributed by atoms with Gasteiger partial charge in [-0.15, -0.1) is 10.2 Å². The molecule has 6 heterocycles. The molecule has 0 radical (unpaired) electrons. The molecule has 0 aromatic carbocycles. The van der Waals surface area contributed by atoms with E-state index >= 15 is 0 Å². The molecule has 0 spiro atoms. The van der Waals surface area contributed by atoms with Crippen LogP contribution in [-0.2, 0) is 9.53 Å². The molecule has 4 aromatic rings. The zero-order valence-corrected chi connectivity index (χ0v) is 24.5. The largest absolute Gasteiger partial charge is 0.381 e. The highest BCUT2D eigenvalue weighted by Gasteiger charge is 2.43. The van der Waals surface area contributed by atoms with Gasteiger partial charge in [0, 0.05) is 56.7 Å². The van der Waals surface area contributed by atoms with Crippen molar-refractivity contribution in [2.75, 3.05) is 36.5 Å². The zero-order valence-electron chi connectivity index (χ0n) is 23.7. The third kappa shape index (κ3) is 4.97. The predicted octanol–water partition coefficient (Wildman–Crippen LogP) is 4.12. The number of nitriles is 1. The first-order chi connectivity index (χ1) is 20.4. The number of ether oxygens (including phenoxy) is 1. The molecule has 216 valence electrons. The Bertz CT molecular complexity index is 1670. The van der Waals surface area contributed by atoms with E-state index in [4.69, 9.17) is 9.72 Å². The molecule has 3 aliphatic rings. The van der Waals surface area contributed by atoms with Crippen molar-refractivity contribution >= 4 is 33.6 Å². The van der Waals surface area contributed by atoms with Crippen LogP contribution >= 0.6 is 11.3 Å². The summed E-state index contributed by atoms with van der Waals surface area (Å²) < 4.78 is 7.46. The molecule has 42 heavy (non-hydrogen) atoms. The number of hydrogen-bond acceptors (Lipinski definition) is 10. The van der Waals surface area contributed by atoms with Crippen molar-refractivity contribution in [2.45, 2.75) is 51.1 Å². The molecule has 11 nitrogen and oxygen atoms in total. The van der Waals surface area contributed by atoms with Gasteiger partial charge in [-0.05, 0) is 68.7 Å². The van der Waals surface area contributed by atoms with Crippen molar-refractivity contribution in [3.05, 3.63) is 42.2 Å². The number of piperidine rings is 1. The summed E-state index contributed by atoms with van der Waals surface area (Å²) in [4.78, 5) is 18.9. The summed E-state index contributed by atoms with van der Waals surface area (Å²) in [5, 5.41) is 31.8. The molecule has 3 atom stereocenters. The summed E-state index contributed by atoms with van der Waals surface area (Å²) in [7, 11) is 0.